The molecule has 1 N–H and O–H groups in total. The number of ether oxygens (including phenoxy) is 3. The molecule has 0 atom stereocenters. The number of nitrogens with zero attached hydrogens (tertiary/aromatic N) is 2. The predicted molar refractivity (Wildman–Crippen MR) is 109 cm³/mol. The van der Waals surface area contributed by atoms with E-state index in [1.165, 1.54) is 6.33 Å². The third kappa shape index (κ3) is 5.76. The van der Waals surface area contributed by atoms with Crippen LogP contribution < -0.4 is 14.8 Å². The van der Waals surface area contributed by atoms with Gasteiger partial charge in [-0.1, -0.05) is 12.1 Å². The van der Waals surface area contributed by atoms with Gasteiger partial charge in [0.1, 0.15) is 17.8 Å². The molecule has 0 radical (unpaired) electrons. The van der Waals surface area contributed by atoms with Crippen molar-refractivity contribution in [1.29, 1.82) is 0 Å². The average Bonchev–Trinajstić information content (AvgIpc) is 2.77. The molecule has 1 aromatic heterocycles. The molecule has 0 spiro atoms. The molecular weight excluding hydrogens is 370 g/mol. The van der Waals surface area contributed by atoms with E-state index in [4.69, 9.17) is 14.2 Å². The fraction of sp³-hybridized carbons (Fsp3) is 0.227. The maximum atomic E-state index is 12.3. The standard InChI is InChI=1S/C22H23N3O4/c1-27-12-4-11-23-22(26)17-6-3-5-16(13-17)20-14-21(25-15-24-20)29-19-9-7-18(28-2)8-10-19/h3,5-10,13-15H,4,11-12H2,1-2H3,(H,23,26). The van der Waals surface area contributed by atoms with Gasteiger partial charge in [0, 0.05) is 37.5 Å². The minimum Gasteiger partial charge on any atom is -0.497 e. The summed E-state index contributed by atoms with van der Waals surface area (Å²) in [6, 6.07) is 16.2. The molecule has 0 aliphatic carbocycles. The van der Waals surface area contributed by atoms with Crippen LogP contribution in [0.5, 0.6) is 17.4 Å². The Morgan fingerprint density at radius 1 is 1.00 bits per heavy atom. The fourth-order valence-electron chi connectivity index (χ4n) is 2.66. The van der Waals surface area contributed by atoms with Crippen molar-refractivity contribution < 1.29 is 19.0 Å². The third-order valence-corrected chi connectivity index (χ3v) is 4.16. The quantitative estimate of drug-likeness (QED) is 0.558. The number of benzene rings is 2. The van der Waals surface area contributed by atoms with E-state index < -0.39 is 0 Å². The molecule has 0 aliphatic heterocycles. The summed E-state index contributed by atoms with van der Waals surface area (Å²) in [5.74, 6) is 1.67. The van der Waals surface area contributed by atoms with Gasteiger partial charge >= 0.3 is 0 Å². The van der Waals surface area contributed by atoms with Crippen molar-refractivity contribution in [2.75, 3.05) is 27.4 Å². The lowest BCUT2D eigenvalue weighted by molar-refractivity contribution is 0.0948. The SMILES string of the molecule is COCCCNC(=O)c1cccc(-c2cc(Oc3ccc(OC)cc3)ncn2)c1. The highest BCUT2D eigenvalue weighted by molar-refractivity contribution is 5.95. The minimum atomic E-state index is -0.133. The number of methoxy groups -OCH3 is 2. The van der Waals surface area contributed by atoms with E-state index in [-0.39, 0.29) is 5.91 Å². The van der Waals surface area contributed by atoms with Gasteiger partial charge in [-0.05, 0) is 42.8 Å². The Hall–Kier alpha value is -3.45. The molecule has 7 nitrogen and oxygen atoms in total. The number of rotatable bonds is 9. The normalized spacial score (nSPS) is 10.4. The molecule has 7 heteroatoms. The van der Waals surface area contributed by atoms with Crippen LogP contribution in [-0.2, 0) is 4.74 Å². The lowest BCUT2D eigenvalue weighted by Crippen LogP contribution is -2.25. The summed E-state index contributed by atoms with van der Waals surface area (Å²) in [5, 5.41) is 2.88. The Morgan fingerprint density at radius 2 is 1.79 bits per heavy atom. The van der Waals surface area contributed by atoms with Crippen LogP contribution in [0.4, 0.5) is 0 Å². The summed E-state index contributed by atoms with van der Waals surface area (Å²) >= 11 is 0. The molecule has 0 aliphatic rings. The molecule has 29 heavy (non-hydrogen) atoms. The molecule has 0 unspecified atom stereocenters. The molecule has 3 rings (SSSR count). The molecule has 1 heterocycles. The van der Waals surface area contributed by atoms with E-state index in [9.17, 15) is 4.79 Å². The zero-order valence-corrected chi connectivity index (χ0v) is 16.4. The molecule has 3 aromatic rings. The van der Waals surface area contributed by atoms with Crippen molar-refractivity contribution in [3.8, 4) is 28.6 Å². The van der Waals surface area contributed by atoms with E-state index in [0.717, 1.165) is 17.7 Å². The van der Waals surface area contributed by atoms with Crippen LogP contribution in [0.1, 0.15) is 16.8 Å². The maximum absolute atomic E-state index is 12.3. The van der Waals surface area contributed by atoms with Crippen molar-refractivity contribution in [3.05, 3.63) is 66.5 Å². The maximum Gasteiger partial charge on any atom is 0.251 e. The highest BCUT2D eigenvalue weighted by atomic mass is 16.5. The Labute approximate surface area is 169 Å². The molecule has 0 saturated heterocycles. The van der Waals surface area contributed by atoms with Gasteiger partial charge in [-0.25, -0.2) is 9.97 Å². The number of amides is 1. The minimum absolute atomic E-state index is 0.133. The molecule has 0 bridgehead atoms. The molecule has 1 amide bonds. The van der Waals surface area contributed by atoms with Gasteiger partial charge in [0.25, 0.3) is 5.91 Å². The summed E-state index contributed by atoms with van der Waals surface area (Å²) in [7, 11) is 3.25. The first-order valence-corrected chi connectivity index (χ1v) is 9.21. The zero-order chi connectivity index (χ0) is 20.5. The average molecular weight is 393 g/mol. The number of nitrogens with one attached hydrogen (secondary N) is 1. The lowest BCUT2D eigenvalue weighted by Gasteiger charge is -2.09. The van der Waals surface area contributed by atoms with Gasteiger partial charge < -0.3 is 19.5 Å². The van der Waals surface area contributed by atoms with Crippen molar-refractivity contribution in [3.63, 3.8) is 0 Å². The second-order valence-electron chi connectivity index (χ2n) is 6.20. The van der Waals surface area contributed by atoms with Crippen LogP contribution in [-0.4, -0.2) is 43.2 Å². The van der Waals surface area contributed by atoms with Gasteiger partial charge in [0.05, 0.1) is 12.8 Å². The van der Waals surface area contributed by atoms with Crippen LogP contribution in [0.25, 0.3) is 11.3 Å². The van der Waals surface area contributed by atoms with Crippen molar-refractivity contribution in [2.24, 2.45) is 0 Å². The Kier molecular flexibility index (Phi) is 7.13. The molecular formula is C22H23N3O4. The topological polar surface area (TPSA) is 82.6 Å². The van der Waals surface area contributed by atoms with E-state index in [1.807, 2.05) is 24.3 Å². The van der Waals surface area contributed by atoms with Gasteiger partial charge in [-0.3, -0.25) is 4.79 Å². The molecule has 2 aromatic carbocycles. The summed E-state index contributed by atoms with van der Waals surface area (Å²) in [6.07, 6.45) is 2.20. The van der Waals surface area contributed by atoms with Crippen LogP contribution in [0.15, 0.2) is 60.9 Å². The number of hydrogen-bond acceptors (Lipinski definition) is 6. The first-order chi connectivity index (χ1) is 14.2. The number of aromatic nitrogens is 2. The Balaban J connectivity index is 1.71. The van der Waals surface area contributed by atoms with E-state index >= 15 is 0 Å². The van der Waals surface area contributed by atoms with Crippen LogP contribution in [0, 0.1) is 0 Å². The second kappa shape index (κ2) is 10.2. The van der Waals surface area contributed by atoms with Gasteiger partial charge in [0.2, 0.25) is 5.88 Å². The smallest absolute Gasteiger partial charge is 0.251 e. The zero-order valence-electron chi connectivity index (χ0n) is 16.4. The van der Waals surface area contributed by atoms with Crippen LogP contribution in [0.2, 0.25) is 0 Å². The lowest BCUT2D eigenvalue weighted by atomic mass is 10.1. The number of carbonyl (C=O) groups is 1. The van der Waals surface area contributed by atoms with Crippen LogP contribution in [0.3, 0.4) is 0 Å². The van der Waals surface area contributed by atoms with Crippen LogP contribution >= 0.6 is 0 Å². The molecule has 0 fully saturated rings. The first kappa shape index (κ1) is 20.3. The van der Waals surface area contributed by atoms with Gasteiger partial charge in [0.15, 0.2) is 0 Å². The highest BCUT2D eigenvalue weighted by Gasteiger charge is 2.09. The Bertz CT molecular complexity index is 945. The predicted octanol–water partition coefficient (Wildman–Crippen LogP) is 3.71. The number of carbonyl (C=O) groups excluding carboxylic acids is 1. The summed E-state index contributed by atoms with van der Waals surface area (Å²) in [4.78, 5) is 20.8. The highest BCUT2D eigenvalue weighted by Crippen LogP contribution is 2.25. The summed E-state index contributed by atoms with van der Waals surface area (Å²) < 4.78 is 15.9. The first-order valence-electron chi connectivity index (χ1n) is 9.21. The summed E-state index contributed by atoms with van der Waals surface area (Å²) in [6.45, 7) is 1.17. The van der Waals surface area contributed by atoms with E-state index in [1.54, 1.807) is 44.6 Å². The van der Waals surface area contributed by atoms with Crippen molar-refractivity contribution >= 4 is 5.91 Å². The number of hydrogen-bond donors (Lipinski definition) is 1. The molecule has 150 valence electrons. The van der Waals surface area contributed by atoms with Gasteiger partial charge in [-0.15, -0.1) is 0 Å². The Morgan fingerprint density at radius 3 is 2.55 bits per heavy atom. The largest absolute Gasteiger partial charge is 0.497 e. The van der Waals surface area contributed by atoms with E-state index in [2.05, 4.69) is 15.3 Å². The monoisotopic (exact) mass is 393 g/mol. The van der Waals surface area contributed by atoms with Gasteiger partial charge in [-0.2, -0.15) is 0 Å². The summed E-state index contributed by atoms with van der Waals surface area (Å²) in [5.41, 5.74) is 2.03. The van der Waals surface area contributed by atoms with E-state index in [0.29, 0.717) is 36.0 Å². The third-order valence-electron chi connectivity index (χ3n) is 4.16. The second-order valence-corrected chi connectivity index (χ2v) is 6.20. The van der Waals surface area contributed by atoms with Crippen molar-refractivity contribution in [1.82, 2.24) is 15.3 Å². The molecule has 0 saturated carbocycles. The fourth-order valence-corrected chi connectivity index (χ4v) is 2.66. The van der Waals surface area contributed by atoms with Crippen molar-refractivity contribution in [2.45, 2.75) is 6.42 Å².